The van der Waals surface area contributed by atoms with Gasteiger partial charge in [0.05, 0.1) is 29.9 Å². The number of nitrogens with zero attached hydrogens (tertiary/aromatic N) is 6. The van der Waals surface area contributed by atoms with E-state index in [-0.39, 0.29) is 0 Å². The van der Waals surface area contributed by atoms with Crippen molar-refractivity contribution in [2.75, 3.05) is 0 Å². The average Bonchev–Trinajstić information content (AvgIpc) is 3.17. The number of hydrogen-bond donors (Lipinski definition) is 0. The lowest BCUT2D eigenvalue weighted by molar-refractivity contribution is 0.664. The number of hydrogen-bond acceptors (Lipinski definition) is 4. The van der Waals surface area contributed by atoms with Crippen LogP contribution in [0.2, 0.25) is 0 Å². The molecule has 0 fully saturated rings. The molecule has 1 aromatic carbocycles. The minimum absolute atomic E-state index is 0.646. The molecule has 128 valence electrons. The Labute approximate surface area is 158 Å². The topological polar surface area (TPSA) is 61.4 Å². The second kappa shape index (κ2) is 5.88. The summed E-state index contributed by atoms with van der Waals surface area (Å²) in [5, 5.41) is 4.78. The summed E-state index contributed by atoms with van der Waals surface area (Å²) in [7, 11) is 0. The molecule has 4 aromatic rings. The zero-order chi connectivity index (χ0) is 17.7. The molecule has 7 heteroatoms. The van der Waals surface area contributed by atoms with E-state index < -0.39 is 0 Å². The first-order valence-electron chi connectivity index (χ1n) is 8.35. The zero-order valence-corrected chi connectivity index (χ0v) is 15.7. The zero-order valence-electron chi connectivity index (χ0n) is 14.1. The first-order valence-corrected chi connectivity index (χ1v) is 9.14. The lowest BCUT2D eigenvalue weighted by Gasteiger charge is -2.08. The van der Waals surface area contributed by atoms with Crippen molar-refractivity contribution in [2.45, 2.75) is 19.9 Å². The van der Waals surface area contributed by atoms with Crippen molar-refractivity contribution in [2.24, 2.45) is 0 Å². The van der Waals surface area contributed by atoms with E-state index in [4.69, 9.17) is 10.1 Å². The van der Waals surface area contributed by atoms with Gasteiger partial charge in [0, 0.05) is 28.9 Å². The Morgan fingerprint density at radius 3 is 3.00 bits per heavy atom. The summed E-state index contributed by atoms with van der Waals surface area (Å²) in [5.74, 6) is 1.67. The molecule has 0 bridgehead atoms. The van der Waals surface area contributed by atoms with Crippen molar-refractivity contribution in [1.82, 2.24) is 29.3 Å². The predicted molar refractivity (Wildman–Crippen MR) is 101 cm³/mol. The van der Waals surface area contributed by atoms with Crippen LogP contribution in [-0.2, 0) is 13.0 Å². The van der Waals surface area contributed by atoms with Crippen LogP contribution < -0.4 is 0 Å². The van der Waals surface area contributed by atoms with Crippen LogP contribution in [0.25, 0.3) is 17.1 Å². The van der Waals surface area contributed by atoms with E-state index >= 15 is 0 Å². The third-order valence-electron chi connectivity index (χ3n) is 4.63. The lowest BCUT2D eigenvalue weighted by atomic mass is 10.1. The Hall–Kier alpha value is -2.80. The molecule has 0 spiro atoms. The standard InChI is InChI=1S/C19H15BrN6/c1-12-17-10-26-19(23-18(24-26)7-13-3-2-6-21-9-13)15-8-14(20)4-5-16(15)25(17)11-22-12/h2-6,8-9,11H,7,10H2,1H3. The summed E-state index contributed by atoms with van der Waals surface area (Å²) >= 11 is 3.58. The van der Waals surface area contributed by atoms with Crippen molar-refractivity contribution >= 4 is 15.9 Å². The van der Waals surface area contributed by atoms with Gasteiger partial charge in [-0.1, -0.05) is 22.0 Å². The number of pyridine rings is 1. The van der Waals surface area contributed by atoms with Gasteiger partial charge in [-0.15, -0.1) is 0 Å². The van der Waals surface area contributed by atoms with Gasteiger partial charge in [0.2, 0.25) is 0 Å². The number of fused-ring (bicyclic) bond motifs is 5. The van der Waals surface area contributed by atoms with Gasteiger partial charge in [0.25, 0.3) is 0 Å². The minimum atomic E-state index is 0.646. The average molecular weight is 407 g/mol. The van der Waals surface area contributed by atoms with Crippen molar-refractivity contribution in [1.29, 1.82) is 0 Å². The molecule has 0 saturated carbocycles. The molecule has 0 aliphatic carbocycles. The van der Waals surface area contributed by atoms with Crippen LogP contribution >= 0.6 is 15.9 Å². The highest BCUT2D eigenvalue weighted by Gasteiger charge is 2.24. The number of halogens is 1. The smallest absolute Gasteiger partial charge is 0.160 e. The Morgan fingerprint density at radius 1 is 1.23 bits per heavy atom. The van der Waals surface area contributed by atoms with Crippen molar-refractivity contribution in [3.63, 3.8) is 0 Å². The van der Waals surface area contributed by atoms with Gasteiger partial charge < -0.3 is 4.57 Å². The number of imidazole rings is 1. The predicted octanol–water partition coefficient (Wildman–Crippen LogP) is 3.55. The third kappa shape index (κ3) is 2.47. The van der Waals surface area contributed by atoms with Crippen LogP contribution in [0.5, 0.6) is 0 Å². The number of aromatic nitrogens is 6. The van der Waals surface area contributed by atoms with Gasteiger partial charge in [0.15, 0.2) is 11.6 Å². The minimum Gasteiger partial charge on any atom is -0.300 e. The van der Waals surface area contributed by atoms with Crippen LogP contribution in [0.1, 0.15) is 22.8 Å². The van der Waals surface area contributed by atoms with E-state index in [1.165, 1.54) is 0 Å². The maximum Gasteiger partial charge on any atom is 0.160 e. The molecule has 6 nitrogen and oxygen atoms in total. The molecule has 0 unspecified atom stereocenters. The summed E-state index contributed by atoms with van der Waals surface area (Å²) in [6, 6.07) is 10.2. The summed E-state index contributed by atoms with van der Waals surface area (Å²) in [4.78, 5) is 13.5. The van der Waals surface area contributed by atoms with Crippen molar-refractivity contribution in [3.8, 4) is 17.1 Å². The lowest BCUT2D eigenvalue weighted by Crippen LogP contribution is -2.06. The summed E-state index contributed by atoms with van der Waals surface area (Å²) in [6.45, 7) is 2.68. The van der Waals surface area contributed by atoms with Gasteiger partial charge in [-0.25, -0.2) is 14.6 Å². The van der Waals surface area contributed by atoms with E-state index in [0.29, 0.717) is 13.0 Å². The second-order valence-corrected chi connectivity index (χ2v) is 7.27. The molecule has 1 aliphatic rings. The monoisotopic (exact) mass is 406 g/mol. The van der Waals surface area contributed by atoms with E-state index in [1.54, 1.807) is 6.20 Å². The molecule has 26 heavy (non-hydrogen) atoms. The van der Waals surface area contributed by atoms with Gasteiger partial charge >= 0.3 is 0 Å². The molecular formula is C19H15BrN6. The number of benzene rings is 1. The Kier molecular flexibility index (Phi) is 3.49. The molecule has 3 aromatic heterocycles. The SMILES string of the molecule is Cc1ncn2c1Cn1nc(Cc3cccnc3)nc1-c1cc(Br)ccc1-2. The van der Waals surface area contributed by atoms with Crippen LogP contribution in [0.3, 0.4) is 0 Å². The van der Waals surface area contributed by atoms with E-state index in [0.717, 1.165) is 44.3 Å². The van der Waals surface area contributed by atoms with Crippen LogP contribution in [0, 0.1) is 6.92 Å². The van der Waals surface area contributed by atoms with Crippen LogP contribution in [-0.4, -0.2) is 29.3 Å². The summed E-state index contributed by atoms with van der Waals surface area (Å²) in [5.41, 5.74) is 5.36. The quantitative estimate of drug-likeness (QED) is 0.449. The van der Waals surface area contributed by atoms with E-state index in [9.17, 15) is 0 Å². The second-order valence-electron chi connectivity index (χ2n) is 6.36. The highest BCUT2D eigenvalue weighted by atomic mass is 79.9. The first-order chi connectivity index (χ1) is 12.7. The fraction of sp³-hybridized carbons (Fsp3) is 0.158. The normalized spacial score (nSPS) is 12.2. The molecule has 0 saturated heterocycles. The molecule has 1 aliphatic heterocycles. The fourth-order valence-corrected chi connectivity index (χ4v) is 3.72. The number of rotatable bonds is 2. The molecule has 5 rings (SSSR count). The molecule has 0 radical (unpaired) electrons. The third-order valence-corrected chi connectivity index (χ3v) is 5.13. The van der Waals surface area contributed by atoms with Gasteiger partial charge in [-0.05, 0) is 36.8 Å². The highest BCUT2D eigenvalue weighted by molar-refractivity contribution is 9.10. The Morgan fingerprint density at radius 2 is 2.15 bits per heavy atom. The molecule has 0 amide bonds. The van der Waals surface area contributed by atoms with Crippen LogP contribution in [0.15, 0.2) is 53.5 Å². The molecular weight excluding hydrogens is 392 g/mol. The first kappa shape index (κ1) is 15.5. The highest BCUT2D eigenvalue weighted by Crippen LogP contribution is 2.33. The molecule has 4 heterocycles. The van der Waals surface area contributed by atoms with Crippen molar-refractivity contribution in [3.05, 3.63) is 76.3 Å². The Bertz CT molecular complexity index is 1110. The van der Waals surface area contributed by atoms with Gasteiger partial charge in [-0.2, -0.15) is 5.10 Å². The summed E-state index contributed by atoms with van der Waals surface area (Å²) in [6.07, 6.45) is 6.17. The van der Waals surface area contributed by atoms with E-state index in [1.807, 2.05) is 42.3 Å². The largest absolute Gasteiger partial charge is 0.300 e. The van der Waals surface area contributed by atoms with Gasteiger partial charge in [-0.3, -0.25) is 4.98 Å². The van der Waals surface area contributed by atoms with Crippen molar-refractivity contribution < 1.29 is 0 Å². The number of aryl methyl sites for hydroxylation is 1. The van der Waals surface area contributed by atoms with Gasteiger partial charge in [0.1, 0.15) is 0 Å². The van der Waals surface area contributed by atoms with E-state index in [2.05, 4.69) is 42.6 Å². The Balaban J connectivity index is 1.68. The maximum atomic E-state index is 4.85. The molecule has 0 atom stereocenters. The maximum absolute atomic E-state index is 4.85. The molecule has 0 N–H and O–H groups in total. The summed E-state index contributed by atoms with van der Waals surface area (Å²) < 4.78 is 5.12. The fourth-order valence-electron chi connectivity index (χ4n) is 3.36. The van der Waals surface area contributed by atoms with Crippen LogP contribution in [0.4, 0.5) is 0 Å².